The fraction of sp³-hybridized carbons (Fsp3) is 0.429. The molecule has 7 heteroatoms. The molecule has 1 N–H and O–H groups in total. The van der Waals surface area contributed by atoms with E-state index in [0.717, 1.165) is 11.4 Å². The molecule has 2 aromatic heterocycles. The summed E-state index contributed by atoms with van der Waals surface area (Å²) < 4.78 is 2.14. The quantitative estimate of drug-likeness (QED) is 0.805. The number of hydrogen-bond donors (Lipinski definition) is 1. The van der Waals surface area contributed by atoms with Gasteiger partial charge in [0.25, 0.3) is 0 Å². The van der Waals surface area contributed by atoms with E-state index in [1.807, 2.05) is 6.20 Å². The highest BCUT2D eigenvalue weighted by atomic mass is 32.1. The Kier molecular flexibility index (Phi) is 2.69. The van der Waals surface area contributed by atoms with Gasteiger partial charge in [-0.15, -0.1) is 11.3 Å². The average Bonchev–Trinajstić information content (AvgIpc) is 2.77. The van der Waals surface area contributed by atoms with Crippen molar-refractivity contribution in [2.45, 2.75) is 19.9 Å². The summed E-state index contributed by atoms with van der Waals surface area (Å²) in [5.41, 5.74) is 0. The van der Waals surface area contributed by atoms with Crippen LogP contribution >= 0.6 is 23.6 Å². The Hall–Kier alpha value is -1.08. The molecule has 0 radical (unpaired) electrons. The molecule has 2 rings (SSSR count). The summed E-state index contributed by atoms with van der Waals surface area (Å²) in [6.45, 7) is 2.73. The van der Waals surface area contributed by atoms with Crippen LogP contribution < -0.4 is 0 Å². The van der Waals surface area contributed by atoms with Gasteiger partial charge in [0.2, 0.25) is 4.77 Å². The van der Waals surface area contributed by atoms with E-state index >= 15 is 0 Å². The number of aromatic nitrogens is 5. The molecule has 0 atom stereocenters. The maximum atomic E-state index is 4.95. The number of H-pyrrole nitrogens is 1. The molecule has 2 aromatic rings. The van der Waals surface area contributed by atoms with Gasteiger partial charge in [0.05, 0.1) is 6.54 Å². The minimum absolute atomic E-state index is 0.457. The van der Waals surface area contributed by atoms with Gasteiger partial charge in [0.1, 0.15) is 5.01 Å². The molecule has 0 aromatic carbocycles. The lowest BCUT2D eigenvalue weighted by molar-refractivity contribution is 0.639. The highest BCUT2D eigenvalue weighted by molar-refractivity contribution is 7.71. The van der Waals surface area contributed by atoms with E-state index in [1.165, 1.54) is 4.88 Å². The van der Waals surface area contributed by atoms with Crippen molar-refractivity contribution in [1.82, 2.24) is 25.2 Å². The highest BCUT2D eigenvalue weighted by Gasteiger charge is 2.02. The molecule has 0 bridgehead atoms. The fourth-order valence-electron chi connectivity index (χ4n) is 1.04. The number of rotatable bonds is 3. The number of nitrogens with zero attached hydrogens (tertiary/aromatic N) is 4. The van der Waals surface area contributed by atoms with Crippen molar-refractivity contribution in [3.05, 3.63) is 20.9 Å². The van der Waals surface area contributed by atoms with E-state index in [2.05, 4.69) is 27.4 Å². The lowest BCUT2D eigenvalue weighted by atomic mass is 10.4. The maximum Gasteiger partial charge on any atom is 0.238 e. The SMILES string of the molecule is CCc1cnc(Cn2[nH]nnc2=S)s1. The molecule has 14 heavy (non-hydrogen) atoms. The van der Waals surface area contributed by atoms with Crippen molar-refractivity contribution >= 4 is 23.6 Å². The van der Waals surface area contributed by atoms with Crippen LogP contribution in [0.3, 0.4) is 0 Å². The number of thiazole rings is 1. The van der Waals surface area contributed by atoms with Crippen molar-refractivity contribution in [1.29, 1.82) is 0 Å². The predicted molar refractivity (Wildman–Crippen MR) is 55.8 cm³/mol. The Morgan fingerprint density at radius 2 is 2.50 bits per heavy atom. The van der Waals surface area contributed by atoms with Gasteiger partial charge in [-0.3, -0.25) is 0 Å². The summed E-state index contributed by atoms with van der Waals surface area (Å²) in [7, 11) is 0. The van der Waals surface area contributed by atoms with Crippen molar-refractivity contribution in [3.8, 4) is 0 Å². The Bertz CT molecular complexity index is 468. The number of aromatic amines is 1. The maximum absolute atomic E-state index is 4.95. The van der Waals surface area contributed by atoms with E-state index in [1.54, 1.807) is 16.0 Å². The monoisotopic (exact) mass is 227 g/mol. The third-order valence-electron chi connectivity index (χ3n) is 1.78. The summed E-state index contributed by atoms with van der Waals surface area (Å²) in [5, 5.41) is 11.0. The Labute approximate surface area is 89.8 Å². The van der Waals surface area contributed by atoms with E-state index in [4.69, 9.17) is 12.2 Å². The van der Waals surface area contributed by atoms with E-state index in [-0.39, 0.29) is 0 Å². The van der Waals surface area contributed by atoms with Gasteiger partial charge in [-0.1, -0.05) is 17.2 Å². The van der Waals surface area contributed by atoms with E-state index in [0.29, 0.717) is 11.3 Å². The Balaban J connectivity index is 2.19. The summed E-state index contributed by atoms with van der Waals surface area (Å²) in [4.78, 5) is 5.56. The molecular weight excluding hydrogens is 218 g/mol. The molecule has 2 heterocycles. The van der Waals surface area contributed by atoms with Crippen LogP contribution in [-0.2, 0) is 13.0 Å². The predicted octanol–water partition coefficient (Wildman–Crippen LogP) is 1.40. The lowest BCUT2D eigenvalue weighted by Gasteiger charge is -1.94. The largest absolute Gasteiger partial charge is 0.247 e. The summed E-state index contributed by atoms with van der Waals surface area (Å²) >= 11 is 6.64. The second kappa shape index (κ2) is 3.97. The van der Waals surface area contributed by atoms with Crippen LogP contribution in [0.5, 0.6) is 0 Å². The number of nitrogens with one attached hydrogen (secondary N) is 1. The van der Waals surface area contributed by atoms with Crippen molar-refractivity contribution in [2.24, 2.45) is 0 Å². The third-order valence-corrected chi connectivity index (χ3v) is 3.20. The number of hydrogen-bond acceptors (Lipinski definition) is 5. The summed E-state index contributed by atoms with van der Waals surface area (Å²) in [6.07, 6.45) is 2.91. The van der Waals surface area contributed by atoms with E-state index < -0.39 is 0 Å². The average molecular weight is 227 g/mol. The smallest absolute Gasteiger partial charge is 0.238 e. The van der Waals surface area contributed by atoms with Crippen LogP contribution in [0.1, 0.15) is 16.8 Å². The molecule has 0 amide bonds. The van der Waals surface area contributed by atoms with Crippen LogP contribution in [0.15, 0.2) is 6.20 Å². The summed E-state index contributed by atoms with van der Waals surface area (Å²) in [5.74, 6) is 0. The van der Waals surface area contributed by atoms with Crippen LogP contribution in [0.2, 0.25) is 0 Å². The molecular formula is C7H9N5S2. The van der Waals surface area contributed by atoms with Crippen molar-refractivity contribution in [3.63, 3.8) is 0 Å². The molecule has 0 aliphatic heterocycles. The van der Waals surface area contributed by atoms with Crippen LogP contribution in [-0.4, -0.2) is 25.2 Å². The van der Waals surface area contributed by atoms with Gasteiger partial charge in [-0.05, 0) is 18.6 Å². The Morgan fingerprint density at radius 1 is 1.64 bits per heavy atom. The second-order valence-electron chi connectivity index (χ2n) is 2.74. The number of aryl methyl sites for hydroxylation is 1. The molecule has 0 saturated carbocycles. The minimum Gasteiger partial charge on any atom is -0.247 e. The highest BCUT2D eigenvalue weighted by Crippen LogP contribution is 2.13. The zero-order valence-corrected chi connectivity index (χ0v) is 9.23. The van der Waals surface area contributed by atoms with Gasteiger partial charge in [0, 0.05) is 11.1 Å². The standard InChI is InChI=1S/C7H9N5S2/c1-2-5-3-8-6(14-5)4-12-7(13)9-10-11-12/h3H,2,4H2,1H3,(H,9,11,13). The van der Waals surface area contributed by atoms with Crippen molar-refractivity contribution in [2.75, 3.05) is 0 Å². The fourth-order valence-corrected chi connectivity index (χ4v) is 2.04. The first-order valence-corrected chi connectivity index (χ1v) is 5.43. The molecule has 74 valence electrons. The zero-order chi connectivity index (χ0) is 9.97. The molecule has 0 unspecified atom stereocenters. The van der Waals surface area contributed by atoms with Gasteiger partial charge >= 0.3 is 0 Å². The van der Waals surface area contributed by atoms with Crippen LogP contribution in [0, 0.1) is 4.77 Å². The van der Waals surface area contributed by atoms with E-state index in [9.17, 15) is 0 Å². The first kappa shape index (κ1) is 9.47. The van der Waals surface area contributed by atoms with Gasteiger partial charge in [0.15, 0.2) is 0 Å². The minimum atomic E-state index is 0.457. The summed E-state index contributed by atoms with van der Waals surface area (Å²) in [6, 6.07) is 0. The van der Waals surface area contributed by atoms with Gasteiger partial charge < -0.3 is 0 Å². The zero-order valence-electron chi connectivity index (χ0n) is 7.60. The first-order chi connectivity index (χ1) is 6.79. The topological polar surface area (TPSA) is 59.4 Å². The van der Waals surface area contributed by atoms with Crippen LogP contribution in [0.25, 0.3) is 0 Å². The van der Waals surface area contributed by atoms with Gasteiger partial charge in [-0.25, -0.2) is 9.67 Å². The molecule has 0 saturated heterocycles. The van der Waals surface area contributed by atoms with Crippen molar-refractivity contribution < 1.29 is 0 Å². The number of tetrazole rings is 1. The molecule has 0 aliphatic carbocycles. The molecule has 0 spiro atoms. The molecule has 0 aliphatic rings. The molecule has 5 nitrogen and oxygen atoms in total. The second-order valence-corrected chi connectivity index (χ2v) is 4.31. The first-order valence-electron chi connectivity index (χ1n) is 4.21. The Morgan fingerprint density at radius 3 is 3.07 bits per heavy atom. The molecule has 0 fully saturated rings. The van der Waals surface area contributed by atoms with Crippen LogP contribution in [0.4, 0.5) is 0 Å². The normalized spacial score (nSPS) is 10.6. The lowest BCUT2D eigenvalue weighted by Crippen LogP contribution is -2.01. The third kappa shape index (κ3) is 1.88. The van der Waals surface area contributed by atoms with Gasteiger partial charge in [-0.2, -0.15) is 5.21 Å².